The van der Waals surface area contributed by atoms with Crippen LogP contribution in [0, 0.1) is 6.92 Å². The van der Waals surface area contributed by atoms with E-state index in [0.29, 0.717) is 5.69 Å². The second-order valence-electron chi connectivity index (χ2n) is 5.58. The highest BCUT2D eigenvalue weighted by atomic mass is 16.3. The number of amides is 1. The van der Waals surface area contributed by atoms with Crippen molar-refractivity contribution in [2.24, 2.45) is 5.73 Å². The number of anilines is 1. The maximum absolute atomic E-state index is 11.8. The fraction of sp³-hybridized carbons (Fsp3) is 0.167. The van der Waals surface area contributed by atoms with Crippen molar-refractivity contribution in [1.29, 1.82) is 0 Å². The normalized spacial score (nSPS) is 12.3. The maximum Gasteiger partial charge on any atom is 0.243 e. The summed E-state index contributed by atoms with van der Waals surface area (Å²) in [5.74, 6) is -0.402. The molecule has 0 aliphatic rings. The van der Waals surface area contributed by atoms with Crippen LogP contribution in [0.2, 0.25) is 0 Å². The van der Waals surface area contributed by atoms with Crippen LogP contribution < -0.4 is 11.1 Å². The van der Waals surface area contributed by atoms with Gasteiger partial charge in [-0.25, -0.2) is 0 Å². The number of carbonyl (C=O) groups is 1. The zero-order chi connectivity index (χ0) is 16.4. The van der Waals surface area contributed by atoms with E-state index in [1.54, 1.807) is 0 Å². The Hall–Kier alpha value is -2.63. The highest BCUT2D eigenvalue weighted by molar-refractivity contribution is 5.97. The van der Waals surface area contributed by atoms with Crippen LogP contribution in [0.15, 0.2) is 54.7 Å². The molecular formula is C18H19N3O2. The van der Waals surface area contributed by atoms with Gasteiger partial charge in [-0.3, -0.25) is 4.79 Å². The van der Waals surface area contributed by atoms with Crippen molar-refractivity contribution in [1.82, 2.24) is 4.57 Å². The van der Waals surface area contributed by atoms with Crippen molar-refractivity contribution in [2.45, 2.75) is 13.0 Å². The molecule has 1 atom stereocenters. The predicted molar refractivity (Wildman–Crippen MR) is 91.7 cm³/mol. The van der Waals surface area contributed by atoms with E-state index < -0.39 is 11.9 Å². The predicted octanol–water partition coefficient (Wildman–Crippen LogP) is 2.20. The molecule has 0 unspecified atom stereocenters. The fourth-order valence-corrected chi connectivity index (χ4v) is 2.53. The van der Waals surface area contributed by atoms with Gasteiger partial charge < -0.3 is 20.7 Å². The molecule has 0 radical (unpaired) electrons. The van der Waals surface area contributed by atoms with Gasteiger partial charge in [-0.1, -0.05) is 18.2 Å². The van der Waals surface area contributed by atoms with E-state index >= 15 is 0 Å². The van der Waals surface area contributed by atoms with Gasteiger partial charge in [0, 0.05) is 23.0 Å². The Morgan fingerprint density at radius 1 is 1.26 bits per heavy atom. The number of aryl methyl sites for hydroxylation is 1. The molecule has 118 valence electrons. The summed E-state index contributed by atoms with van der Waals surface area (Å²) < 4.78 is 2.07. The molecule has 0 fully saturated rings. The molecule has 3 aromatic rings. The highest BCUT2D eigenvalue weighted by Crippen LogP contribution is 2.24. The Kier molecular flexibility index (Phi) is 4.14. The summed E-state index contributed by atoms with van der Waals surface area (Å²) in [5.41, 5.74) is 9.42. The number of rotatable bonds is 4. The Bertz CT molecular complexity index is 854. The second kappa shape index (κ2) is 6.24. The standard InChI is InChI=1S/C18H19N3O2/c1-12-3-2-4-15(9-12)21-8-7-13-5-6-14(10-17(13)21)20-18(23)16(19)11-22/h2-10,16,22H,11,19H2,1H3,(H,20,23)/t16-/m1/s1. The fourth-order valence-electron chi connectivity index (χ4n) is 2.53. The third kappa shape index (κ3) is 3.11. The van der Waals surface area contributed by atoms with Crippen LogP contribution in [-0.2, 0) is 4.79 Å². The van der Waals surface area contributed by atoms with E-state index in [4.69, 9.17) is 10.8 Å². The quantitative estimate of drug-likeness (QED) is 0.691. The van der Waals surface area contributed by atoms with E-state index in [0.717, 1.165) is 16.6 Å². The second-order valence-corrected chi connectivity index (χ2v) is 5.58. The van der Waals surface area contributed by atoms with Crippen LogP contribution in [0.5, 0.6) is 0 Å². The van der Waals surface area contributed by atoms with E-state index in [1.807, 2.05) is 42.6 Å². The summed E-state index contributed by atoms with van der Waals surface area (Å²) in [5, 5.41) is 12.8. The van der Waals surface area contributed by atoms with Crippen LogP contribution in [0.4, 0.5) is 5.69 Å². The largest absolute Gasteiger partial charge is 0.394 e. The molecule has 0 aliphatic carbocycles. The number of aliphatic hydroxyl groups is 1. The molecule has 0 aliphatic heterocycles. The van der Waals surface area contributed by atoms with Gasteiger partial charge in [-0.05, 0) is 42.8 Å². The summed E-state index contributed by atoms with van der Waals surface area (Å²) in [6.07, 6.45) is 2.00. The first-order valence-corrected chi connectivity index (χ1v) is 7.44. The van der Waals surface area contributed by atoms with Gasteiger partial charge >= 0.3 is 0 Å². The molecule has 2 aromatic carbocycles. The molecule has 0 spiro atoms. The van der Waals surface area contributed by atoms with E-state index in [1.165, 1.54) is 5.56 Å². The topological polar surface area (TPSA) is 80.3 Å². The summed E-state index contributed by atoms with van der Waals surface area (Å²) >= 11 is 0. The van der Waals surface area contributed by atoms with Crippen molar-refractivity contribution >= 4 is 22.5 Å². The monoisotopic (exact) mass is 309 g/mol. The molecule has 5 nitrogen and oxygen atoms in total. The Labute approximate surface area is 134 Å². The van der Waals surface area contributed by atoms with E-state index in [9.17, 15) is 4.79 Å². The molecule has 1 amide bonds. The number of aliphatic hydroxyl groups excluding tert-OH is 1. The van der Waals surface area contributed by atoms with E-state index in [-0.39, 0.29) is 6.61 Å². The third-order valence-electron chi connectivity index (χ3n) is 3.77. The lowest BCUT2D eigenvalue weighted by Crippen LogP contribution is -2.38. The Balaban J connectivity index is 1.99. The van der Waals surface area contributed by atoms with Gasteiger partial charge in [-0.15, -0.1) is 0 Å². The van der Waals surface area contributed by atoms with Crippen LogP contribution in [0.3, 0.4) is 0 Å². The van der Waals surface area contributed by atoms with Crippen LogP contribution in [0.1, 0.15) is 5.56 Å². The molecule has 0 bridgehead atoms. The summed E-state index contributed by atoms with van der Waals surface area (Å²) in [6, 6.07) is 15.0. The first-order chi connectivity index (χ1) is 11.1. The number of hydrogen-bond donors (Lipinski definition) is 3. The number of nitrogens with two attached hydrogens (primary N) is 1. The van der Waals surface area contributed by atoms with Crippen molar-refractivity contribution in [3.8, 4) is 5.69 Å². The van der Waals surface area contributed by atoms with Gasteiger partial charge in [0.25, 0.3) is 0 Å². The van der Waals surface area contributed by atoms with E-state index in [2.05, 4.69) is 28.9 Å². The molecular weight excluding hydrogens is 290 g/mol. The number of benzene rings is 2. The minimum absolute atomic E-state index is 0.381. The van der Waals surface area contributed by atoms with Gasteiger partial charge in [0.05, 0.1) is 12.1 Å². The molecule has 5 heteroatoms. The smallest absolute Gasteiger partial charge is 0.243 e. The molecule has 3 rings (SSSR count). The summed E-state index contributed by atoms with van der Waals surface area (Å²) in [4.78, 5) is 11.8. The van der Waals surface area contributed by atoms with Gasteiger partial charge in [0.1, 0.15) is 6.04 Å². The lowest BCUT2D eigenvalue weighted by Gasteiger charge is -2.11. The molecule has 1 heterocycles. The van der Waals surface area contributed by atoms with Crippen molar-refractivity contribution < 1.29 is 9.90 Å². The minimum Gasteiger partial charge on any atom is -0.394 e. The average Bonchev–Trinajstić information content (AvgIpc) is 2.97. The van der Waals surface area contributed by atoms with Crippen LogP contribution in [-0.4, -0.2) is 28.2 Å². The summed E-state index contributed by atoms with van der Waals surface area (Å²) in [7, 11) is 0. The first-order valence-electron chi connectivity index (χ1n) is 7.44. The Morgan fingerprint density at radius 2 is 2.09 bits per heavy atom. The SMILES string of the molecule is Cc1cccc(-n2ccc3ccc(NC(=O)[C@H](N)CO)cc32)c1. The van der Waals surface area contributed by atoms with Gasteiger partial charge in [0.15, 0.2) is 0 Å². The number of nitrogens with zero attached hydrogens (tertiary/aromatic N) is 1. The zero-order valence-corrected chi connectivity index (χ0v) is 12.9. The third-order valence-corrected chi connectivity index (χ3v) is 3.77. The maximum atomic E-state index is 11.8. The van der Waals surface area contributed by atoms with Gasteiger partial charge in [-0.2, -0.15) is 0 Å². The number of carbonyl (C=O) groups excluding carboxylic acids is 1. The number of hydrogen-bond acceptors (Lipinski definition) is 3. The molecule has 0 saturated carbocycles. The number of fused-ring (bicyclic) bond motifs is 1. The first kappa shape index (κ1) is 15.3. The lowest BCUT2D eigenvalue weighted by molar-refractivity contribution is -0.118. The minimum atomic E-state index is -0.922. The number of aromatic nitrogens is 1. The summed E-state index contributed by atoms with van der Waals surface area (Å²) in [6.45, 7) is 1.67. The van der Waals surface area contributed by atoms with Crippen molar-refractivity contribution in [3.05, 3.63) is 60.3 Å². The molecule has 4 N–H and O–H groups in total. The Morgan fingerprint density at radius 3 is 2.83 bits per heavy atom. The van der Waals surface area contributed by atoms with Crippen LogP contribution >= 0.6 is 0 Å². The molecule has 0 saturated heterocycles. The highest BCUT2D eigenvalue weighted by Gasteiger charge is 2.13. The van der Waals surface area contributed by atoms with Crippen molar-refractivity contribution in [2.75, 3.05) is 11.9 Å². The van der Waals surface area contributed by atoms with Gasteiger partial charge in [0.2, 0.25) is 5.91 Å². The zero-order valence-electron chi connectivity index (χ0n) is 12.9. The number of nitrogens with one attached hydrogen (secondary N) is 1. The van der Waals surface area contributed by atoms with Crippen LogP contribution in [0.25, 0.3) is 16.6 Å². The molecule has 1 aromatic heterocycles. The lowest BCUT2D eigenvalue weighted by atomic mass is 10.2. The molecule has 23 heavy (non-hydrogen) atoms. The average molecular weight is 309 g/mol. The van der Waals surface area contributed by atoms with Crippen molar-refractivity contribution in [3.63, 3.8) is 0 Å².